The first kappa shape index (κ1) is 13.6. The van der Waals surface area contributed by atoms with E-state index in [1.165, 1.54) is 11.3 Å². The van der Waals surface area contributed by atoms with Gasteiger partial charge >= 0.3 is 0 Å². The topological polar surface area (TPSA) is 39.1 Å². The van der Waals surface area contributed by atoms with Crippen LogP contribution >= 0.6 is 0 Å². The summed E-state index contributed by atoms with van der Waals surface area (Å²) in [5, 5.41) is 7.57. The number of nitrogens with zero attached hydrogens (tertiary/aromatic N) is 2. The second-order valence-corrected chi connectivity index (χ2v) is 4.82. The van der Waals surface area contributed by atoms with Gasteiger partial charge in [0.15, 0.2) is 0 Å². The molecule has 0 aliphatic rings. The molecule has 2 rings (SSSR count). The van der Waals surface area contributed by atoms with Gasteiger partial charge in [-0.1, -0.05) is 18.2 Å². The third-order valence-corrected chi connectivity index (χ3v) is 2.88. The number of hydrogen-bond acceptors (Lipinski definition) is 3. The Morgan fingerprint density at radius 2 is 2.00 bits per heavy atom. The van der Waals surface area contributed by atoms with E-state index in [9.17, 15) is 0 Å². The molecular formula is C15H21N3O. The molecule has 0 amide bonds. The molecule has 19 heavy (non-hydrogen) atoms. The molecule has 102 valence electrons. The van der Waals surface area contributed by atoms with Crippen molar-refractivity contribution >= 4 is 0 Å². The van der Waals surface area contributed by atoms with Crippen LogP contribution < -0.4 is 10.1 Å². The molecular weight excluding hydrogens is 238 g/mol. The van der Waals surface area contributed by atoms with Crippen molar-refractivity contribution in [1.29, 1.82) is 0 Å². The van der Waals surface area contributed by atoms with E-state index in [1.54, 1.807) is 0 Å². The van der Waals surface area contributed by atoms with Crippen molar-refractivity contribution in [2.24, 2.45) is 7.05 Å². The van der Waals surface area contributed by atoms with Crippen LogP contribution in [-0.4, -0.2) is 15.9 Å². The monoisotopic (exact) mass is 259 g/mol. The van der Waals surface area contributed by atoms with Crippen molar-refractivity contribution in [2.45, 2.75) is 33.0 Å². The molecule has 0 spiro atoms. The van der Waals surface area contributed by atoms with Crippen LogP contribution in [0.4, 0.5) is 0 Å². The highest BCUT2D eigenvalue weighted by molar-refractivity contribution is 5.33. The summed E-state index contributed by atoms with van der Waals surface area (Å²) in [5.41, 5.74) is 2.35. The fraction of sp³-hybridized carbons (Fsp3) is 0.400. The van der Waals surface area contributed by atoms with Gasteiger partial charge in [-0.3, -0.25) is 4.68 Å². The van der Waals surface area contributed by atoms with Gasteiger partial charge in [0.05, 0.1) is 11.8 Å². The fourth-order valence-corrected chi connectivity index (χ4v) is 1.92. The Balaban J connectivity index is 1.94. The maximum absolute atomic E-state index is 5.80. The molecule has 0 unspecified atom stereocenters. The second kappa shape index (κ2) is 6.38. The third kappa shape index (κ3) is 3.83. The molecule has 0 fully saturated rings. The zero-order chi connectivity index (χ0) is 13.7. The van der Waals surface area contributed by atoms with Crippen LogP contribution in [0.2, 0.25) is 0 Å². The fourth-order valence-electron chi connectivity index (χ4n) is 1.92. The Morgan fingerprint density at radius 1 is 1.21 bits per heavy atom. The highest BCUT2D eigenvalue weighted by Gasteiger charge is 2.05. The van der Waals surface area contributed by atoms with E-state index < -0.39 is 0 Å². The Labute approximate surface area is 114 Å². The summed E-state index contributed by atoms with van der Waals surface area (Å²) in [5.74, 6) is 0.954. The standard InChI is InChI=1S/C15H21N3O/c1-12(2)19-15-7-5-4-6-13(15)10-16-11-14-8-9-17-18(14)3/h4-9,12,16H,10-11H2,1-3H3. The van der Waals surface area contributed by atoms with Crippen LogP contribution in [0.15, 0.2) is 36.5 Å². The predicted molar refractivity (Wildman–Crippen MR) is 76.0 cm³/mol. The van der Waals surface area contributed by atoms with Crippen molar-refractivity contribution in [3.05, 3.63) is 47.8 Å². The minimum Gasteiger partial charge on any atom is -0.491 e. The highest BCUT2D eigenvalue weighted by Crippen LogP contribution is 2.19. The van der Waals surface area contributed by atoms with Gasteiger partial charge in [0.2, 0.25) is 0 Å². The van der Waals surface area contributed by atoms with E-state index in [0.717, 1.165) is 18.8 Å². The summed E-state index contributed by atoms with van der Waals surface area (Å²) in [6.45, 7) is 5.67. The van der Waals surface area contributed by atoms with Gasteiger partial charge in [-0.15, -0.1) is 0 Å². The van der Waals surface area contributed by atoms with Crippen molar-refractivity contribution in [3.63, 3.8) is 0 Å². The van der Waals surface area contributed by atoms with Gasteiger partial charge in [0.25, 0.3) is 0 Å². The van der Waals surface area contributed by atoms with Gasteiger partial charge < -0.3 is 10.1 Å². The van der Waals surface area contributed by atoms with Gasteiger partial charge in [0.1, 0.15) is 5.75 Å². The number of aryl methyl sites for hydroxylation is 1. The Bertz CT molecular complexity index is 520. The number of benzene rings is 1. The smallest absolute Gasteiger partial charge is 0.124 e. The van der Waals surface area contributed by atoms with E-state index in [2.05, 4.69) is 16.5 Å². The van der Waals surface area contributed by atoms with Crippen molar-refractivity contribution < 1.29 is 4.74 Å². The summed E-state index contributed by atoms with van der Waals surface area (Å²) in [6.07, 6.45) is 2.01. The first-order valence-electron chi connectivity index (χ1n) is 6.59. The molecule has 1 N–H and O–H groups in total. The Kier molecular flexibility index (Phi) is 4.58. The molecule has 1 aromatic carbocycles. The first-order chi connectivity index (χ1) is 9.16. The molecule has 0 radical (unpaired) electrons. The molecule has 1 aromatic heterocycles. The first-order valence-corrected chi connectivity index (χ1v) is 6.59. The number of ether oxygens (including phenoxy) is 1. The summed E-state index contributed by atoms with van der Waals surface area (Å²) >= 11 is 0. The Morgan fingerprint density at radius 3 is 2.68 bits per heavy atom. The van der Waals surface area contributed by atoms with Crippen LogP contribution in [0.1, 0.15) is 25.1 Å². The predicted octanol–water partition coefficient (Wildman–Crippen LogP) is 2.50. The quantitative estimate of drug-likeness (QED) is 0.866. The molecule has 0 aliphatic heterocycles. The molecule has 0 saturated heterocycles. The van der Waals surface area contributed by atoms with Crippen LogP contribution in [0.25, 0.3) is 0 Å². The maximum atomic E-state index is 5.80. The molecule has 4 heteroatoms. The SMILES string of the molecule is CC(C)Oc1ccccc1CNCc1ccnn1C. The van der Waals surface area contributed by atoms with E-state index in [1.807, 2.05) is 56.0 Å². The van der Waals surface area contributed by atoms with Gasteiger partial charge in [-0.2, -0.15) is 5.10 Å². The largest absolute Gasteiger partial charge is 0.491 e. The molecule has 0 aliphatic carbocycles. The van der Waals surface area contributed by atoms with Gasteiger partial charge in [-0.05, 0) is 26.0 Å². The zero-order valence-corrected chi connectivity index (χ0v) is 11.8. The van der Waals surface area contributed by atoms with Crippen LogP contribution in [0, 0.1) is 0 Å². The lowest BCUT2D eigenvalue weighted by atomic mass is 10.2. The van der Waals surface area contributed by atoms with Crippen molar-refractivity contribution in [3.8, 4) is 5.75 Å². The van der Waals surface area contributed by atoms with E-state index in [0.29, 0.717) is 0 Å². The molecule has 1 heterocycles. The van der Waals surface area contributed by atoms with Gasteiger partial charge in [-0.25, -0.2) is 0 Å². The minimum atomic E-state index is 0.193. The number of nitrogens with one attached hydrogen (secondary N) is 1. The third-order valence-electron chi connectivity index (χ3n) is 2.88. The summed E-state index contributed by atoms with van der Waals surface area (Å²) in [6, 6.07) is 10.2. The molecule has 0 atom stereocenters. The molecule has 0 bridgehead atoms. The van der Waals surface area contributed by atoms with Gasteiger partial charge in [0, 0.05) is 31.9 Å². The molecule has 0 saturated carbocycles. The van der Waals surface area contributed by atoms with E-state index in [4.69, 9.17) is 4.74 Å². The Hall–Kier alpha value is -1.81. The average molecular weight is 259 g/mol. The van der Waals surface area contributed by atoms with E-state index in [-0.39, 0.29) is 6.10 Å². The lowest BCUT2D eigenvalue weighted by Gasteiger charge is -2.14. The van der Waals surface area contributed by atoms with Crippen LogP contribution in [0.3, 0.4) is 0 Å². The number of aromatic nitrogens is 2. The second-order valence-electron chi connectivity index (χ2n) is 4.82. The summed E-state index contributed by atoms with van der Waals surface area (Å²) in [7, 11) is 1.95. The van der Waals surface area contributed by atoms with E-state index >= 15 is 0 Å². The van der Waals surface area contributed by atoms with Crippen molar-refractivity contribution in [2.75, 3.05) is 0 Å². The number of hydrogen-bond donors (Lipinski definition) is 1. The highest BCUT2D eigenvalue weighted by atomic mass is 16.5. The van der Waals surface area contributed by atoms with Crippen LogP contribution in [0.5, 0.6) is 5.75 Å². The summed E-state index contributed by atoms with van der Waals surface area (Å²) < 4.78 is 7.68. The average Bonchev–Trinajstić information content (AvgIpc) is 2.77. The number of para-hydroxylation sites is 1. The lowest BCUT2D eigenvalue weighted by Crippen LogP contribution is -2.16. The number of rotatable bonds is 6. The van der Waals surface area contributed by atoms with Crippen LogP contribution in [-0.2, 0) is 20.1 Å². The molecule has 2 aromatic rings. The molecule has 4 nitrogen and oxygen atoms in total. The zero-order valence-electron chi connectivity index (χ0n) is 11.8. The normalized spacial score (nSPS) is 10.9. The summed E-state index contributed by atoms with van der Waals surface area (Å²) in [4.78, 5) is 0. The lowest BCUT2D eigenvalue weighted by molar-refractivity contribution is 0.239. The van der Waals surface area contributed by atoms with Crippen molar-refractivity contribution in [1.82, 2.24) is 15.1 Å². The minimum absolute atomic E-state index is 0.193. The maximum Gasteiger partial charge on any atom is 0.124 e.